The van der Waals surface area contributed by atoms with Crippen molar-refractivity contribution in [2.45, 2.75) is 19.4 Å². The minimum atomic E-state index is 0.0784. The topological polar surface area (TPSA) is 24.9 Å². The quantitative estimate of drug-likeness (QED) is 0.610. The molecule has 0 spiro atoms. The molecule has 0 saturated carbocycles. The van der Waals surface area contributed by atoms with Crippen molar-refractivity contribution in [3.63, 3.8) is 0 Å². The van der Waals surface area contributed by atoms with E-state index in [2.05, 4.69) is 33.2 Å². The molecule has 0 aliphatic rings. The zero-order chi connectivity index (χ0) is 14.7. The van der Waals surface area contributed by atoms with E-state index >= 15 is 0 Å². The van der Waals surface area contributed by atoms with E-state index in [1.807, 2.05) is 18.2 Å². The molecule has 0 amide bonds. The van der Waals surface area contributed by atoms with Crippen LogP contribution in [0.3, 0.4) is 0 Å². The van der Waals surface area contributed by atoms with Crippen LogP contribution < -0.4 is 5.32 Å². The molecule has 106 valence electrons. The summed E-state index contributed by atoms with van der Waals surface area (Å²) in [5.41, 5.74) is 1.88. The van der Waals surface area contributed by atoms with Gasteiger partial charge in [-0.3, -0.25) is 0 Å². The lowest BCUT2D eigenvalue weighted by Crippen LogP contribution is -2.10. The van der Waals surface area contributed by atoms with Crippen LogP contribution in [0, 0.1) is 0 Å². The molecule has 2 aromatic rings. The second kappa shape index (κ2) is 6.99. The third-order valence-corrected chi connectivity index (χ3v) is 4.58. The summed E-state index contributed by atoms with van der Waals surface area (Å²) in [6.07, 6.45) is 2.57. The number of hydrogen-bond donors (Lipinski definition) is 1. The zero-order valence-electron chi connectivity index (χ0n) is 10.6. The lowest BCUT2D eigenvalue weighted by molar-refractivity contribution is 0.749. The number of benzene rings is 1. The largest absolute Gasteiger partial charge is 0.377 e. The minimum Gasteiger partial charge on any atom is -0.377 e. The van der Waals surface area contributed by atoms with Crippen molar-refractivity contribution in [3.05, 3.63) is 55.7 Å². The fraction of sp³-hybridized carbons (Fsp3) is 0.214. The summed E-state index contributed by atoms with van der Waals surface area (Å²) in [7, 11) is 0. The summed E-state index contributed by atoms with van der Waals surface area (Å²) in [6, 6.07) is 7.49. The summed E-state index contributed by atoms with van der Waals surface area (Å²) in [6.45, 7) is 2.08. The van der Waals surface area contributed by atoms with Gasteiger partial charge < -0.3 is 5.32 Å². The van der Waals surface area contributed by atoms with Crippen LogP contribution in [0.15, 0.2) is 34.9 Å². The number of aromatic nitrogens is 1. The second-order valence-corrected chi connectivity index (χ2v) is 6.32. The summed E-state index contributed by atoms with van der Waals surface area (Å²) >= 11 is 21.4. The van der Waals surface area contributed by atoms with E-state index < -0.39 is 0 Å². The van der Waals surface area contributed by atoms with Crippen LogP contribution >= 0.6 is 50.7 Å². The van der Waals surface area contributed by atoms with Gasteiger partial charge in [0.2, 0.25) is 0 Å². The summed E-state index contributed by atoms with van der Waals surface area (Å²) < 4.78 is 0.751. The predicted molar refractivity (Wildman–Crippen MR) is 90.1 cm³/mol. The van der Waals surface area contributed by atoms with Crippen molar-refractivity contribution in [3.8, 4) is 0 Å². The third-order valence-electron chi connectivity index (χ3n) is 2.88. The molecule has 1 atom stereocenters. The number of halogens is 4. The highest BCUT2D eigenvalue weighted by Crippen LogP contribution is 2.31. The molecular weight excluding hydrogens is 382 g/mol. The minimum absolute atomic E-state index is 0.0784. The van der Waals surface area contributed by atoms with Crippen molar-refractivity contribution in [1.29, 1.82) is 0 Å². The normalized spacial score (nSPS) is 12.2. The Bertz CT molecular complexity index is 619. The van der Waals surface area contributed by atoms with Crippen LogP contribution in [0.5, 0.6) is 0 Å². The van der Waals surface area contributed by atoms with E-state index in [1.165, 1.54) is 0 Å². The first kappa shape index (κ1) is 15.9. The Morgan fingerprint density at radius 2 is 2.00 bits per heavy atom. The molecular formula is C14H12BrCl3N2. The Morgan fingerprint density at radius 1 is 1.25 bits per heavy atom. The molecule has 0 radical (unpaired) electrons. The predicted octanol–water partition coefficient (Wildman–Crippen LogP) is 6.37. The highest BCUT2D eigenvalue weighted by Gasteiger charge is 2.14. The smallest absolute Gasteiger partial charge is 0.143 e. The first-order chi connectivity index (χ1) is 9.51. The molecule has 0 fully saturated rings. The number of anilines is 1. The van der Waals surface area contributed by atoms with Gasteiger partial charge in [0.1, 0.15) is 5.15 Å². The maximum Gasteiger partial charge on any atom is 0.143 e. The maximum absolute atomic E-state index is 6.26. The Labute approximate surface area is 141 Å². The van der Waals surface area contributed by atoms with Crippen LogP contribution in [0.1, 0.15) is 24.9 Å². The molecule has 1 aromatic carbocycles. The molecule has 6 heteroatoms. The molecule has 1 heterocycles. The van der Waals surface area contributed by atoms with Crippen LogP contribution in [0.25, 0.3) is 0 Å². The van der Waals surface area contributed by atoms with Crippen LogP contribution in [-0.2, 0) is 0 Å². The number of nitrogens with one attached hydrogen (secondary N) is 1. The molecule has 0 aliphatic heterocycles. The van der Waals surface area contributed by atoms with Gasteiger partial charge in [0, 0.05) is 10.0 Å². The van der Waals surface area contributed by atoms with Gasteiger partial charge in [0.25, 0.3) is 0 Å². The van der Waals surface area contributed by atoms with E-state index in [4.69, 9.17) is 34.8 Å². The van der Waals surface area contributed by atoms with Gasteiger partial charge in [-0.25, -0.2) is 4.98 Å². The number of nitrogens with zero attached hydrogens (tertiary/aromatic N) is 1. The second-order valence-electron chi connectivity index (χ2n) is 4.27. The fourth-order valence-electron chi connectivity index (χ4n) is 1.89. The molecule has 2 nitrogen and oxygen atoms in total. The van der Waals surface area contributed by atoms with E-state index in [0.29, 0.717) is 15.2 Å². The molecule has 0 bridgehead atoms. The van der Waals surface area contributed by atoms with E-state index in [0.717, 1.165) is 22.1 Å². The van der Waals surface area contributed by atoms with Gasteiger partial charge >= 0.3 is 0 Å². The van der Waals surface area contributed by atoms with Crippen molar-refractivity contribution < 1.29 is 0 Å². The molecule has 1 aromatic heterocycles. The SMILES string of the molecule is CCC(Nc1cnc(Cl)c(Br)c1)c1ccc(Cl)cc1Cl. The highest BCUT2D eigenvalue weighted by molar-refractivity contribution is 9.10. The molecule has 0 aliphatic carbocycles. The Kier molecular flexibility index (Phi) is 5.56. The number of hydrogen-bond acceptors (Lipinski definition) is 2. The molecule has 0 saturated heterocycles. The van der Waals surface area contributed by atoms with Crippen molar-refractivity contribution in [2.75, 3.05) is 5.32 Å². The van der Waals surface area contributed by atoms with Crippen LogP contribution in [-0.4, -0.2) is 4.98 Å². The standard InChI is InChI=1S/C14H12BrCl3N2/c1-2-13(10-4-3-8(16)5-12(10)17)20-9-6-11(15)14(18)19-7-9/h3-7,13,20H,2H2,1H3. The first-order valence-electron chi connectivity index (χ1n) is 6.03. The maximum atomic E-state index is 6.26. The zero-order valence-corrected chi connectivity index (χ0v) is 14.5. The van der Waals surface area contributed by atoms with Crippen molar-refractivity contribution >= 4 is 56.4 Å². The van der Waals surface area contributed by atoms with Gasteiger partial charge in [-0.1, -0.05) is 47.8 Å². The summed E-state index contributed by atoms with van der Waals surface area (Å²) in [5.74, 6) is 0. The summed E-state index contributed by atoms with van der Waals surface area (Å²) in [4.78, 5) is 4.10. The molecule has 2 rings (SSSR count). The van der Waals surface area contributed by atoms with Crippen LogP contribution in [0.4, 0.5) is 5.69 Å². The lowest BCUT2D eigenvalue weighted by Gasteiger charge is -2.20. The van der Waals surface area contributed by atoms with Gasteiger partial charge in [0.15, 0.2) is 0 Å². The lowest BCUT2D eigenvalue weighted by atomic mass is 10.0. The van der Waals surface area contributed by atoms with Gasteiger partial charge in [0.05, 0.1) is 22.4 Å². The Morgan fingerprint density at radius 3 is 2.60 bits per heavy atom. The Hall–Kier alpha value is -0.480. The molecule has 20 heavy (non-hydrogen) atoms. The molecule has 1 unspecified atom stereocenters. The van der Waals surface area contributed by atoms with E-state index in [-0.39, 0.29) is 6.04 Å². The van der Waals surface area contributed by atoms with Crippen molar-refractivity contribution in [1.82, 2.24) is 4.98 Å². The van der Waals surface area contributed by atoms with E-state index in [1.54, 1.807) is 12.3 Å². The third kappa shape index (κ3) is 3.79. The van der Waals surface area contributed by atoms with E-state index in [9.17, 15) is 0 Å². The van der Waals surface area contributed by atoms with Crippen LogP contribution in [0.2, 0.25) is 15.2 Å². The van der Waals surface area contributed by atoms with Gasteiger partial charge in [-0.15, -0.1) is 0 Å². The monoisotopic (exact) mass is 392 g/mol. The first-order valence-corrected chi connectivity index (χ1v) is 7.96. The average Bonchev–Trinajstić information content (AvgIpc) is 2.41. The fourth-order valence-corrected chi connectivity index (χ4v) is 2.88. The van der Waals surface area contributed by atoms with Gasteiger partial charge in [-0.2, -0.15) is 0 Å². The number of pyridine rings is 1. The highest BCUT2D eigenvalue weighted by atomic mass is 79.9. The van der Waals surface area contributed by atoms with Gasteiger partial charge in [-0.05, 0) is 46.1 Å². The average molecular weight is 395 g/mol. The van der Waals surface area contributed by atoms with Crippen molar-refractivity contribution in [2.24, 2.45) is 0 Å². The number of rotatable bonds is 4. The molecule has 1 N–H and O–H groups in total. The Balaban J connectivity index is 2.26. The summed E-state index contributed by atoms with van der Waals surface area (Å²) in [5, 5.41) is 5.11.